The fraction of sp³-hybridized carbons (Fsp3) is 0.240. The van der Waals surface area contributed by atoms with Gasteiger partial charge in [-0.15, -0.1) is 0 Å². The number of fused-ring (bicyclic) bond motifs is 1. The van der Waals surface area contributed by atoms with Crippen LogP contribution in [0.3, 0.4) is 0 Å². The maximum Gasteiger partial charge on any atom is 0.321 e. The van der Waals surface area contributed by atoms with E-state index in [4.69, 9.17) is 9.51 Å². The summed E-state index contributed by atoms with van der Waals surface area (Å²) in [5.74, 6) is 5.75. The standard InChI is InChI=1S/C25H23N3O3/c1-16-22(17(2)31-27-16)20-12-21-19(10-11-25(3,4)24(29)30)15-28(23(21)26-13-20)14-18-8-6-5-7-9-18/h5-9,12-13,15H,14H2,1-4H3,(H,29,30). The van der Waals surface area contributed by atoms with E-state index in [1.165, 1.54) is 0 Å². The predicted octanol–water partition coefficient (Wildman–Crippen LogP) is 4.82. The number of hydrogen-bond donors (Lipinski definition) is 1. The van der Waals surface area contributed by atoms with Gasteiger partial charge in [-0.1, -0.05) is 47.3 Å². The number of aliphatic carboxylic acids is 1. The van der Waals surface area contributed by atoms with E-state index in [-0.39, 0.29) is 0 Å². The first-order valence-corrected chi connectivity index (χ1v) is 9.99. The van der Waals surface area contributed by atoms with Gasteiger partial charge in [0.1, 0.15) is 16.8 Å². The molecule has 1 N–H and O–H groups in total. The van der Waals surface area contributed by atoms with Crippen LogP contribution in [0.15, 0.2) is 53.3 Å². The lowest BCUT2D eigenvalue weighted by atomic mass is 9.94. The molecule has 6 nitrogen and oxygen atoms in total. The van der Waals surface area contributed by atoms with E-state index in [9.17, 15) is 9.90 Å². The molecule has 31 heavy (non-hydrogen) atoms. The predicted molar refractivity (Wildman–Crippen MR) is 119 cm³/mol. The quantitative estimate of drug-likeness (QED) is 0.485. The van der Waals surface area contributed by atoms with Crippen molar-refractivity contribution in [3.05, 3.63) is 71.4 Å². The van der Waals surface area contributed by atoms with Crippen molar-refractivity contribution in [1.82, 2.24) is 14.7 Å². The summed E-state index contributed by atoms with van der Waals surface area (Å²) in [4.78, 5) is 16.2. The fourth-order valence-electron chi connectivity index (χ4n) is 3.48. The van der Waals surface area contributed by atoms with Gasteiger partial charge in [0.25, 0.3) is 0 Å². The number of pyridine rings is 1. The highest BCUT2D eigenvalue weighted by Crippen LogP contribution is 2.30. The summed E-state index contributed by atoms with van der Waals surface area (Å²) in [5.41, 5.74) is 4.11. The van der Waals surface area contributed by atoms with Crippen molar-refractivity contribution in [3.63, 3.8) is 0 Å². The third-order valence-corrected chi connectivity index (χ3v) is 5.28. The molecule has 0 spiro atoms. The molecular formula is C25H23N3O3. The first-order chi connectivity index (χ1) is 14.8. The molecule has 4 aromatic rings. The van der Waals surface area contributed by atoms with E-state index in [1.54, 1.807) is 13.8 Å². The SMILES string of the molecule is Cc1noc(C)c1-c1cnc2c(c1)c(C#CC(C)(C)C(=O)O)cn2Cc1ccccc1. The highest BCUT2D eigenvalue weighted by Gasteiger charge is 2.24. The van der Waals surface area contributed by atoms with E-state index < -0.39 is 11.4 Å². The highest BCUT2D eigenvalue weighted by atomic mass is 16.5. The highest BCUT2D eigenvalue weighted by molar-refractivity contribution is 5.89. The van der Waals surface area contributed by atoms with Crippen LogP contribution in [0, 0.1) is 31.1 Å². The Hall–Kier alpha value is -3.85. The smallest absolute Gasteiger partial charge is 0.321 e. The molecule has 4 rings (SSSR count). The molecule has 0 amide bonds. The van der Waals surface area contributed by atoms with Crippen molar-refractivity contribution < 1.29 is 14.4 Å². The molecule has 0 aliphatic carbocycles. The molecule has 0 fully saturated rings. The van der Waals surface area contributed by atoms with Gasteiger partial charge >= 0.3 is 5.97 Å². The molecular weight excluding hydrogens is 390 g/mol. The van der Waals surface area contributed by atoms with Crippen molar-refractivity contribution in [2.45, 2.75) is 34.2 Å². The Labute approximate surface area is 180 Å². The summed E-state index contributed by atoms with van der Waals surface area (Å²) >= 11 is 0. The largest absolute Gasteiger partial charge is 0.480 e. The second-order valence-electron chi connectivity index (χ2n) is 8.13. The summed E-state index contributed by atoms with van der Waals surface area (Å²) in [6.07, 6.45) is 3.75. The summed E-state index contributed by atoms with van der Waals surface area (Å²) in [6.45, 7) is 7.60. The maximum atomic E-state index is 11.5. The minimum atomic E-state index is -1.15. The van der Waals surface area contributed by atoms with Crippen molar-refractivity contribution in [2.75, 3.05) is 0 Å². The Morgan fingerprint density at radius 3 is 2.61 bits per heavy atom. The van der Waals surface area contributed by atoms with Crippen LogP contribution in [0.1, 0.15) is 36.4 Å². The van der Waals surface area contributed by atoms with Crippen LogP contribution in [0.25, 0.3) is 22.2 Å². The van der Waals surface area contributed by atoms with Crippen molar-refractivity contribution >= 4 is 17.0 Å². The normalized spacial score (nSPS) is 11.4. The van der Waals surface area contributed by atoms with E-state index in [1.807, 2.05) is 55.1 Å². The zero-order valence-corrected chi connectivity index (χ0v) is 17.9. The first-order valence-electron chi connectivity index (χ1n) is 9.99. The molecule has 0 unspecified atom stereocenters. The number of aryl methyl sites for hydroxylation is 2. The van der Waals surface area contributed by atoms with E-state index >= 15 is 0 Å². The molecule has 6 heteroatoms. The summed E-state index contributed by atoms with van der Waals surface area (Å²) < 4.78 is 7.36. The summed E-state index contributed by atoms with van der Waals surface area (Å²) in [6, 6.07) is 12.1. The molecule has 3 aromatic heterocycles. The van der Waals surface area contributed by atoms with Gasteiger partial charge in [0.05, 0.1) is 11.3 Å². The number of nitrogens with zero attached hydrogens (tertiary/aromatic N) is 3. The van der Waals surface area contributed by atoms with Crippen LogP contribution in [-0.2, 0) is 11.3 Å². The van der Waals surface area contributed by atoms with Gasteiger partial charge in [-0.25, -0.2) is 4.98 Å². The van der Waals surface area contributed by atoms with Crippen molar-refractivity contribution in [1.29, 1.82) is 0 Å². The molecule has 0 aliphatic rings. The second kappa shape index (κ2) is 7.77. The molecule has 0 atom stereocenters. The topological polar surface area (TPSA) is 81.2 Å². The first kappa shape index (κ1) is 20.4. The number of benzene rings is 1. The molecule has 156 valence electrons. The third kappa shape index (κ3) is 3.95. The van der Waals surface area contributed by atoms with E-state index in [0.717, 1.165) is 44.7 Å². The lowest BCUT2D eigenvalue weighted by Gasteiger charge is -2.09. The van der Waals surface area contributed by atoms with E-state index in [2.05, 4.69) is 29.1 Å². The van der Waals surface area contributed by atoms with Crippen molar-refractivity contribution in [3.8, 4) is 23.0 Å². The lowest BCUT2D eigenvalue weighted by Crippen LogP contribution is -2.21. The van der Waals surface area contributed by atoms with Crippen LogP contribution in [0.2, 0.25) is 0 Å². The fourth-order valence-corrected chi connectivity index (χ4v) is 3.48. The van der Waals surface area contributed by atoms with Crippen molar-refractivity contribution in [2.24, 2.45) is 5.41 Å². The third-order valence-electron chi connectivity index (χ3n) is 5.28. The molecule has 0 radical (unpaired) electrons. The average Bonchev–Trinajstić information content (AvgIpc) is 3.26. The number of carbonyl (C=O) groups is 1. The lowest BCUT2D eigenvalue weighted by molar-refractivity contribution is -0.143. The summed E-state index contributed by atoms with van der Waals surface area (Å²) in [7, 11) is 0. The number of carboxylic acids is 1. The number of aromatic nitrogens is 3. The maximum absolute atomic E-state index is 11.5. The Morgan fingerprint density at radius 2 is 1.97 bits per heavy atom. The Balaban J connectivity index is 1.88. The Kier molecular flexibility index (Phi) is 5.12. The Morgan fingerprint density at radius 1 is 1.23 bits per heavy atom. The van der Waals surface area contributed by atoms with Crippen LogP contribution < -0.4 is 0 Å². The molecule has 1 aromatic carbocycles. The number of carboxylic acid groups (broad SMARTS) is 1. The monoisotopic (exact) mass is 413 g/mol. The van der Waals surface area contributed by atoms with Crippen LogP contribution >= 0.6 is 0 Å². The van der Waals surface area contributed by atoms with Gasteiger partial charge < -0.3 is 14.2 Å². The van der Waals surface area contributed by atoms with Gasteiger partial charge in [0.15, 0.2) is 0 Å². The minimum Gasteiger partial charge on any atom is -0.480 e. The van der Waals surface area contributed by atoms with E-state index in [0.29, 0.717) is 6.54 Å². The zero-order valence-electron chi connectivity index (χ0n) is 17.9. The molecule has 0 aliphatic heterocycles. The Bertz CT molecular complexity index is 1320. The van der Waals surface area contributed by atoms with Crippen LogP contribution in [-0.4, -0.2) is 25.8 Å². The second-order valence-corrected chi connectivity index (χ2v) is 8.13. The minimum absolute atomic E-state index is 0.638. The molecule has 0 saturated carbocycles. The zero-order chi connectivity index (χ0) is 22.2. The molecule has 0 bridgehead atoms. The van der Waals surface area contributed by atoms with Crippen LogP contribution in [0.5, 0.6) is 0 Å². The van der Waals surface area contributed by atoms with Gasteiger partial charge in [0, 0.05) is 35.5 Å². The van der Waals surface area contributed by atoms with Gasteiger partial charge in [-0.2, -0.15) is 0 Å². The van der Waals surface area contributed by atoms with Crippen LogP contribution in [0.4, 0.5) is 0 Å². The van der Waals surface area contributed by atoms with Gasteiger partial charge in [-0.05, 0) is 39.3 Å². The van der Waals surface area contributed by atoms with Gasteiger partial charge in [-0.3, -0.25) is 4.79 Å². The average molecular weight is 413 g/mol. The summed E-state index contributed by atoms with van der Waals surface area (Å²) in [5, 5.41) is 14.3. The molecule has 3 heterocycles. The number of rotatable bonds is 4. The number of hydrogen-bond acceptors (Lipinski definition) is 4. The molecule has 0 saturated heterocycles. The van der Waals surface area contributed by atoms with Gasteiger partial charge in [0.2, 0.25) is 0 Å².